The van der Waals surface area contributed by atoms with E-state index in [1.807, 2.05) is 4.90 Å². The van der Waals surface area contributed by atoms with E-state index in [0.29, 0.717) is 44.5 Å². The summed E-state index contributed by atoms with van der Waals surface area (Å²) in [5, 5.41) is 2.79. The predicted molar refractivity (Wildman–Crippen MR) is 159 cm³/mol. The highest BCUT2D eigenvalue weighted by Gasteiger charge is 2.36. The number of ether oxygens (including phenoxy) is 3. The van der Waals surface area contributed by atoms with Crippen LogP contribution in [0.15, 0.2) is 65.8 Å². The van der Waals surface area contributed by atoms with Crippen LogP contribution < -0.4 is 15.0 Å². The minimum Gasteiger partial charge on any atom is -0.489 e. The van der Waals surface area contributed by atoms with Gasteiger partial charge in [0.05, 0.1) is 47.1 Å². The lowest BCUT2D eigenvalue weighted by atomic mass is 10.1. The van der Waals surface area contributed by atoms with E-state index in [1.165, 1.54) is 36.7 Å². The number of benzene rings is 2. The Balaban J connectivity index is 1.22. The van der Waals surface area contributed by atoms with E-state index in [2.05, 4.69) is 15.3 Å². The zero-order chi connectivity index (χ0) is 32.0. The summed E-state index contributed by atoms with van der Waals surface area (Å²) in [4.78, 5) is 23.8. The van der Waals surface area contributed by atoms with Crippen LogP contribution in [0.1, 0.15) is 47.7 Å². The zero-order valence-electron chi connectivity index (χ0n) is 24.7. The number of amides is 1. The lowest BCUT2D eigenvalue weighted by molar-refractivity contribution is -0.137. The Morgan fingerprint density at radius 1 is 1.02 bits per heavy atom. The van der Waals surface area contributed by atoms with Crippen molar-refractivity contribution in [2.24, 2.45) is 0 Å². The van der Waals surface area contributed by atoms with Gasteiger partial charge in [0.25, 0.3) is 5.91 Å². The van der Waals surface area contributed by atoms with Crippen LogP contribution in [0.5, 0.6) is 5.75 Å². The molecule has 10 nitrogen and oxygen atoms in total. The molecule has 1 amide bonds. The van der Waals surface area contributed by atoms with Crippen LogP contribution in [-0.4, -0.2) is 74.7 Å². The van der Waals surface area contributed by atoms with Crippen LogP contribution in [0.4, 0.5) is 19.1 Å². The smallest absolute Gasteiger partial charge is 0.416 e. The maximum absolute atomic E-state index is 13.0. The lowest BCUT2D eigenvalue weighted by Gasteiger charge is -2.28. The minimum absolute atomic E-state index is 0.00700. The van der Waals surface area contributed by atoms with Gasteiger partial charge in [-0.2, -0.15) is 13.2 Å². The molecular formula is C31H35F3N4O6S. The van der Waals surface area contributed by atoms with Crippen molar-refractivity contribution in [2.45, 2.75) is 62.1 Å². The molecule has 242 valence electrons. The van der Waals surface area contributed by atoms with Gasteiger partial charge in [-0.15, -0.1) is 0 Å². The zero-order valence-corrected chi connectivity index (χ0v) is 25.5. The largest absolute Gasteiger partial charge is 0.489 e. The van der Waals surface area contributed by atoms with Gasteiger partial charge in [-0.05, 0) is 54.8 Å². The van der Waals surface area contributed by atoms with Gasteiger partial charge in [-0.25, -0.2) is 18.4 Å². The number of nitrogens with zero attached hydrogens (tertiary/aromatic N) is 3. The van der Waals surface area contributed by atoms with Crippen LogP contribution >= 0.6 is 0 Å². The Hall–Kier alpha value is -3.75. The summed E-state index contributed by atoms with van der Waals surface area (Å²) in [7, 11) is -3.31. The first-order valence-corrected chi connectivity index (χ1v) is 16.4. The fraction of sp³-hybridized carbons (Fsp3) is 0.452. The number of aromatic nitrogens is 2. The normalized spacial score (nSPS) is 19.4. The molecular weight excluding hydrogens is 613 g/mol. The predicted octanol–water partition coefficient (Wildman–Crippen LogP) is 4.44. The molecule has 5 rings (SSSR count). The van der Waals surface area contributed by atoms with Gasteiger partial charge in [0.15, 0.2) is 9.84 Å². The monoisotopic (exact) mass is 648 g/mol. The van der Waals surface area contributed by atoms with Crippen molar-refractivity contribution in [2.75, 3.05) is 37.0 Å². The molecule has 2 aliphatic rings. The summed E-state index contributed by atoms with van der Waals surface area (Å²) in [5.41, 5.74) is 0.235. The van der Waals surface area contributed by atoms with Crippen molar-refractivity contribution in [1.82, 2.24) is 15.3 Å². The van der Waals surface area contributed by atoms with Crippen molar-refractivity contribution in [3.63, 3.8) is 0 Å². The summed E-state index contributed by atoms with van der Waals surface area (Å²) in [6.45, 7) is 3.79. The summed E-state index contributed by atoms with van der Waals surface area (Å²) >= 11 is 0. The van der Waals surface area contributed by atoms with E-state index < -0.39 is 27.5 Å². The number of rotatable bonds is 11. The fourth-order valence-corrected chi connectivity index (χ4v) is 6.10. The van der Waals surface area contributed by atoms with Gasteiger partial charge in [0, 0.05) is 38.6 Å². The van der Waals surface area contributed by atoms with E-state index in [9.17, 15) is 26.4 Å². The first kappa shape index (κ1) is 32.6. The Bertz CT molecular complexity index is 1530. The second-order valence-electron chi connectivity index (χ2n) is 11.0. The van der Waals surface area contributed by atoms with Crippen LogP contribution in [-0.2, 0) is 32.0 Å². The quantitative estimate of drug-likeness (QED) is 0.322. The van der Waals surface area contributed by atoms with Gasteiger partial charge in [0.2, 0.25) is 5.95 Å². The van der Waals surface area contributed by atoms with Gasteiger partial charge in [-0.1, -0.05) is 19.1 Å². The number of carbonyl (C=O) groups excluding carboxylic acids is 1. The summed E-state index contributed by atoms with van der Waals surface area (Å²) in [6.07, 6.45) is 0.255. The van der Waals surface area contributed by atoms with E-state index in [4.69, 9.17) is 14.2 Å². The molecule has 0 bridgehead atoms. The molecule has 3 aromatic rings. The van der Waals surface area contributed by atoms with Gasteiger partial charge in [0.1, 0.15) is 11.9 Å². The van der Waals surface area contributed by atoms with E-state index in [0.717, 1.165) is 30.5 Å². The van der Waals surface area contributed by atoms with Crippen molar-refractivity contribution in [3.8, 4) is 5.75 Å². The molecule has 0 unspecified atom stereocenters. The number of hydrogen-bond acceptors (Lipinski definition) is 9. The second kappa shape index (κ2) is 14.1. The van der Waals surface area contributed by atoms with E-state index >= 15 is 0 Å². The molecule has 0 aliphatic carbocycles. The SMILES string of the molecule is CCS(=O)(=O)c1ccc(CNC(=O)c2cnc(N3C[C@H](Oc4ccc(C(F)(F)F)cc4)C[C@H]3COC3CCOCC3)nc2)cc1. The molecule has 2 atom stereocenters. The molecule has 1 N–H and O–H groups in total. The topological polar surface area (TPSA) is 120 Å². The highest BCUT2D eigenvalue weighted by molar-refractivity contribution is 7.91. The van der Waals surface area contributed by atoms with Gasteiger partial charge < -0.3 is 24.4 Å². The molecule has 1 aromatic heterocycles. The second-order valence-corrected chi connectivity index (χ2v) is 13.2. The van der Waals surface area contributed by atoms with Crippen molar-refractivity contribution >= 4 is 21.7 Å². The third kappa shape index (κ3) is 8.50. The van der Waals surface area contributed by atoms with Crippen molar-refractivity contribution in [3.05, 3.63) is 77.6 Å². The maximum atomic E-state index is 13.0. The van der Waals surface area contributed by atoms with Crippen molar-refractivity contribution in [1.29, 1.82) is 0 Å². The Kier molecular flexibility index (Phi) is 10.2. The average Bonchev–Trinajstić information content (AvgIpc) is 3.45. The van der Waals surface area contributed by atoms with Crippen molar-refractivity contribution < 1.29 is 40.6 Å². The molecule has 2 fully saturated rings. The number of alkyl halides is 3. The molecule has 45 heavy (non-hydrogen) atoms. The third-order valence-corrected chi connectivity index (χ3v) is 9.58. The number of anilines is 1. The molecule has 2 aromatic carbocycles. The van der Waals surface area contributed by atoms with Gasteiger partial charge in [-0.3, -0.25) is 4.79 Å². The lowest BCUT2D eigenvalue weighted by Crippen LogP contribution is -2.37. The van der Waals surface area contributed by atoms with E-state index in [-0.39, 0.29) is 41.0 Å². The van der Waals surface area contributed by atoms with E-state index in [1.54, 1.807) is 19.1 Å². The standard InChI is InChI=1S/C31H35F3N4O6S/c1-2-45(40,41)28-9-3-21(4-10-28)16-35-29(39)22-17-36-30(37-18-22)38-19-27(15-24(38)20-43-25-11-13-42-14-12-25)44-26-7-5-23(6-8-26)31(32,33)34/h3-10,17-18,24-25,27H,2,11-16,19-20H2,1H3,(H,35,39)/t24-,27+/m0/s1. The minimum atomic E-state index is -4.43. The Morgan fingerprint density at radius 3 is 2.31 bits per heavy atom. The first-order chi connectivity index (χ1) is 21.5. The average molecular weight is 649 g/mol. The Morgan fingerprint density at radius 2 is 1.69 bits per heavy atom. The molecule has 0 radical (unpaired) electrons. The summed E-state index contributed by atoms with van der Waals surface area (Å²) in [6, 6.07) is 10.8. The van der Waals surface area contributed by atoms with Gasteiger partial charge >= 0.3 is 6.18 Å². The summed E-state index contributed by atoms with van der Waals surface area (Å²) < 4.78 is 80.6. The number of carbonyl (C=O) groups is 1. The molecule has 0 saturated carbocycles. The number of halogens is 3. The fourth-order valence-electron chi connectivity index (χ4n) is 5.22. The molecule has 2 aliphatic heterocycles. The van der Waals surface area contributed by atoms with Crippen LogP contribution in [0.3, 0.4) is 0 Å². The maximum Gasteiger partial charge on any atom is 0.416 e. The third-order valence-electron chi connectivity index (χ3n) is 7.83. The molecule has 14 heteroatoms. The van der Waals surface area contributed by atoms with Crippen LogP contribution in [0.25, 0.3) is 0 Å². The van der Waals surface area contributed by atoms with Crippen LogP contribution in [0.2, 0.25) is 0 Å². The summed E-state index contributed by atoms with van der Waals surface area (Å²) in [5.74, 6) is 0.315. The number of nitrogens with one attached hydrogen (secondary N) is 1. The number of hydrogen-bond donors (Lipinski definition) is 1. The molecule has 3 heterocycles. The molecule has 0 spiro atoms. The Labute approximate surface area is 259 Å². The highest BCUT2D eigenvalue weighted by atomic mass is 32.2. The number of sulfone groups is 1. The molecule has 2 saturated heterocycles. The van der Waals surface area contributed by atoms with Crippen LogP contribution in [0, 0.1) is 0 Å². The highest BCUT2D eigenvalue weighted by Crippen LogP contribution is 2.32. The first-order valence-electron chi connectivity index (χ1n) is 14.7.